The topological polar surface area (TPSA) is 78.9 Å². The first-order valence-electron chi connectivity index (χ1n) is 23.6. The average Bonchev–Trinajstić information content (AvgIpc) is 3.24. The van der Waals surface area contributed by atoms with Crippen molar-refractivity contribution in [3.05, 3.63) is 122 Å². The Morgan fingerprint density at radius 1 is 0.367 bits per heavy atom. The second-order valence-electron chi connectivity index (χ2n) is 14.9. The summed E-state index contributed by atoms with van der Waals surface area (Å²) in [6, 6.07) is 0. The van der Waals surface area contributed by atoms with Crippen LogP contribution in [-0.4, -0.2) is 37.2 Å². The quantitative estimate of drug-likeness (QED) is 0.0201. The van der Waals surface area contributed by atoms with Crippen molar-refractivity contribution in [1.82, 2.24) is 0 Å². The summed E-state index contributed by atoms with van der Waals surface area (Å²) in [4.78, 5) is 37.7. The van der Waals surface area contributed by atoms with Crippen LogP contribution in [0, 0.1) is 0 Å². The van der Waals surface area contributed by atoms with Gasteiger partial charge in [0.2, 0.25) is 0 Å². The standard InChI is InChI=1S/C54H84O6/c1-4-7-10-13-16-19-22-24-25-26-27-28-29-30-33-35-38-41-44-47-53(56)59-50-51(49-58-52(55)46-43-40-37-34-31-21-18-15-12-9-6-3)60-54(57)48-45-42-39-36-32-23-20-17-14-11-8-5-2/h7-8,10-11,15-21,24-25,27-28,30-31,33,38,41,51H,4-6,9,12-14,22-23,26,29,32,34-37,39-40,42-50H2,1-3H3/b10-7-,11-8-,18-15-,19-16-,20-17-,25-24-,28-27-,31-21-,33-30-,41-38-. The average molecular weight is 829 g/mol. The highest BCUT2D eigenvalue weighted by atomic mass is 16.6. The van der Waals surface area contributed by atoms with Crippen molar-refractivity contribution in [2.75, 3.05) is 13.2 Å². The van der Waals surface area contributed by atoms with E-state index in [1.54, 1.807) is 0 Å². The molecule has 1 atom stereocenters. The van der Waals surface area contributed by atoms with E-state index in [-0.39, 0.29) is 44.0 Å². The van der Waals surface area contributed by atoms with E-state index in [0.29, 0.717) is 12.8 Å². The molecule has 0 aromatic carbocycles. The zero-order valence-corrected chi connectivity index (χ0v) is 38.2. The number of rotatable bonds is 40. The van der Waals surface area contributed by atoms with E-state index in [9.17, 15) is 14.4 Å². The maximum absolute atomic E-state index is 12.7. The summed E-state index contributed by atoms with van der Waals surface area (Å²) >= 11 is 0. The molecule has 6 nitrogen and oxygen atoms in total. The minimum atomic E-state index is -0.828. The van der Waals surface area contributed by atoms with Crippen molar-refractivity contribution in [2.24, 2.45) is 0 Å². The molecule has 0 spiro atoms. The number of ether oxygens (including phenoxy) is 3. The lowest BCUT2D eigenvalue weighted by Crippen LogP contribution is -2.30. The maximum atomic E-state index is 12.7. The van der Waals surface area contributed by atoms with Crippen LogP contribution in [0.3, 0.4) is 0 Å². The first-order valence-corrected chi connectivity index (χ1v) is 23.6. The number of carbonyl (C=O) groups is 3. The molecule has 0 radical (unpaired) electrons. The molecule has 0 aromatic heterocycles. The van der Waals surface area contributed by atoms with Crippen LogP contribution in [0.15, 0.2) is 122 Å². The first-order chi connectivity index (χ1) is 29.5. The summed E-state index contributed by atoms with van der Waals surface area (Å²) in [5.41, 5.74) is 0. The summed E-state index contributed by atoms with van der Waals surface area (Å²) in [7, 11) is 0. The fourth-order valence-electron chi connectivity index (χ4n) is 5.72. The zero-order chi connectivity index (χ0) is 43.7. The van der Waals surface area contributed by atoms with E-state index < -0.39 is 6.10 Å². The van der Waals surface area contributed by atoms with Crippen LogP contribution < -0.4 is 0 Å². The predicted octanol–water partition coefficient (Wildman–Crippen LogP) is 15.4. The fraction of sp³-hybridized carbons (Fsp3) is 0.574. The summed E-state index contributed by atoms with van der Waals surface area (Å²) < 4.78 is 16.6. The van der Waals surface area contributed by atoms with Gasteiger partial charge in [0, 0.05) is 19.3 Å². The third kappa shape index (κ3) is 44.9. The number of hydrogen-bond donors (Lipinski definition) is 0. The van der Waals surface area contributed by atoms with Gasteiger partial charge in [0.15, 0.2) is 6.10 Å². The van der Waals surface area contributed by atoms with Crippen LogP contribution in [0.1, 0.15) is 181 Å². The van der Waals surface area contributed by atoms with Gasteiger partial charge in [-0.1, -0.05) is 181 Å². The Kier molecular flexibility index (Phi) is 44.2. The lowest BCUT2D eigenvalue weighted by molar-refractivity contribution is -0.166. The zero-order valence-electron chi connectivity index (χ0n) is 38.2. The van der Waals surface area contributed by atoms with E-state index in [4.69, 9.17) is 14.2 Å². The van der Waals surface area contributed by atoms with Gasteiger partial charge in [0.05, 0.1) is 0 Å². The minimum absolute atomic E-state index is 0.125. The third-order valence-corrected chi connectivity index (χ3v) is 9.22. The van der Waals surface area contributed by atoms with Crippen molar-refractivity contribution >= 4 is 17.9 Å². The molecule has 0 heterocycles. The van der Waals surface area contributed by atoms with Gasteiger partial charge in [-0.25, -0.2) is 0 Å². The molecule has 0 aliphatic heterocycles. The molecule has 0 N–H and O–H groups in total. The fourth-order valence-corrected chi connectivity index (χ4v) is 5.72. The number of hydrogen-bond acceptors (Lipinski definition) is 6. The minimum Gasteiger partial charge on any atom is -0.462 e. The highest BCUT2D eigenvalue weighted by Gasteiger charge is 2.19. The van der Waals surface area contributed by atoms with Crippen LogP contribution in [0.25, 0.3) is 0 Å². The van der Waals surface area contributed by atoms with E-state index in [0.717, 1.165) is 122 Å². The van der Waals surface area contributed by atoms with E-state index >= 15 is 0 Å². The summed E-state index contributed by atoms with van der Waals surface area (Å²) in [5, 5.41) is 0. The van der Waals surface area contributed by atoms with E-state index in [1.165, 1.54) is 12.8 Å². The predicted molar refractivity (Wildman–Crippen MR) is 256 cm³/mol. The van der Waals surface area contributed by atoms with Crippen molar-refractivity contribution in [2.45, 2.75) is 187 Å². The molecule has 6 heteroatoms. The molecule has 0 amide bonds. The maximum Gasteiger partial charge on any atom is 0.306 e. The lowest BCUT2D eigenvalue weighted by Gasteiger charge is -2.18. The monoisotopic (exact) mass is 829 g/mol. The number of carbonyl (C=O) groups excluding carboxylic acids is 3. The van der Waals surface area contributed by atoms with Gasteiger partial charge in [0.25, 0.3) is 0 Å². The first kappa shape index (κ1) is 55.8. The second kappa shape index (κ2) is 47.5. The van der Waals surface area contributed by atoms with Gasteiger partial charge in [-0.05, 0) is 103 Å². The molecule has 0 saturated heterocycles. The Bertz CT molecular complexity index is 1320. The molecular formula is C54H84O6. The van der Waals surface area contributed by atoms with Crippen LogP contribution in [0.5, 0.6) is 0 Å². The molecule has 0 rings (SSSR count). The van der Waals surface area contributed by atoms with Gasteiger partial charge >= 0.3 is 17.9 Å². The Labute approximate surface area is 367 Å². The molecule has 0 aliphatic carbocycles. The van der Waals surface area contributed by atoms with Gasteiger partial charge in [0.1, 0.15) is 13.2 Å². The van der Waals surface area contributed by atoms with Crippen LogP contribution in [0.2, 0.25) is 0 Å². The summed E-state index contributed by atoms with van der Waals surface area (Å²) in [6.07, 6.45) is 64.8. The molecule has 0 fully saturated rings. The number of allylic oxidation sites excluding steroid dienone is 20. The van der Waals surface area contributed by atoms with Gasteiger partial charge < -0.3 is 14.2 Å². The Balaban J connectivity index is 4.55. The molecule has 0 aromatic rings. The Hall–Kier alpha value is -4.19. The Morgan fingerprint density at radius 3 is 1.23 bits per heavy atom. The van der Waals surface area contributed by atoms with Crippen molar-refractivity contribution in [1.29, 1.82) is 0 Å². The van der Waals surface area contributed by atoms with Crippen LogP contribution in [0.4, 0.5) is 0 Å². The largest absolute Gasteiger partial charge is 0.462 e. The lowest BCUT2D eigenvalue weighted by atomic mass is 10.1. The molecule has 60 heavy (non-hydrogen) atoms. The molecule has 0 saturated carbocycles. The van der Waals surface area contributed by atoms with Crippen molar-refractivity contribution < 1.29 is 28.6 Å². The van der Waals surface area contributed by atoms with Crippen molar-refractivity contribution in [3.63, 3.8) is 0 Å². The highest BCUT2D eigenvalue weighted by molar-refractivity contribution is 5.71. The molecule has 1 unspecified atom stereocenters. The van der Waals surface area contributed by atoms with Gasteiger partial charge in [-0.3, -0.25) is 14.4 Å². The molecule has 0 bridgehead atoms. The molecule has 0 aliphatic rings. The van der Waals surface area contributed by atoms with Crippen molar-refractivity contribution in [3.8, 4) is 0 Å². The summed E-state index contributed by atoms with van der Waals surface area (Å²) in [6.45, 7) is 6.22. The summed E-state index contributed by atoms with van der Waals surface area (Å²) in [5.74, 6) is -1.07. The smallest absolute Gasteiger partial charge is 0.306 e. The SMILES string of the molecule is CC/C=C\C/C=C\C/C=C\C/C=C\C/C=C\C/C=C\CCC(=O)OCC(COC(=O)CCCCC/C=C\C=C/CCCC)OC(=O)CCCCCCC/C=C\C/C=C\CC. The normalized spacial score (nSPS) is 13.2. The second-order valence-corrected chi connectivity index (χ2v) is 14.9. The Morgan fingerprint density at radius 2 is 0.733 bits per heavy atom. The number of esters is 3. The molecular weight excluding hydrogens is 745 g/mol. The highest BCUT2D eigenvalue weighted by Crippen LogP contribution is 2.11. The van der Waals surface area contributed by atoms with E-state index in [2.05, 4.69) is 130 Å². The van der Waals surface area contributed by atoms with E-state index in [1.807, 2.05) is 12.2 Å². The third-order valence-electron chi connectivity index (χ3n) is 9.22. The van der Waals surface area contributed by atoms with Crippen LogP contribution >= 0.6 is 0 Å². The van der Waals surface area contributed by atoms with Crippen LogP contribution in [-0.2, 0) is 28.6 Å². The number of unbranched alkanes of at least 4 members (excludes halogenated alkanes) is 10. The molecule has 336 valence electrons. The van der Waals surface area contributed by atoms with Gasteiger partial charge in [-0.2, -0.15) is 0 Å². The van der Waals surface area contributed by atoms with Gasteiger partial charge in [-0.15, -0.1) is 0 Å².